The van der Waals surface area contributed by atoms with Crippen LogP contribution >= 0.6 is 11.6 Å². The van der Waals surface area contributed by atoms with Crippen molar-refractivity contribution in [3.8, 4) is 5.75 Å². The summed E-state index contributed by atoms with van der Waals surface area (Å²) in [5.41, 5.74) is 2.03. The van der Waals surface area contributed by atoms with E-state index in [1.165, 1.54) is 0 Å². The molecule has 0 amide bonds. The predicted molar refractivity (Wildman–Crippen MR) is 71.8 cm³/mol. The lowest BCUT2D eigenvalue weighted by Crippen LogP contribution is -2.26. The van der Waals surface area contributed by atoms with Gasteiger partial charge in [0.25, 0.3) is 0 Å². The highest BCUT2D eigenvalue weighted by atomic mass is 35.5. The first-order valence-corrected chi connectivity index (χ1v) is 6.53. The van der Waals surface area contributed by atoms with Crippen LogP contribution in [0.2, 0.25) is 0 Å². The summed E-state index contributed by atoms with van der Waals surface area (Å²) in [5.74, 6) is 1.53. The van der Waals surface area contributed by atoms with Crippen LogP contribution in [0.1, 0.15) is 24.7 Å². The Morgan fingerprint density at radius 2 is 2.12 bits per heavy atom. The SMILES string of the molecule is CCCN(CCCl)Cc1cc(OC)cc(C)n1. The van der Waals surface area contributed by atoms with Crippen molar-refractivity contribution < 1.29 is 4.74 Å². The monoisotopic (exact) mass is 256 g/mol. The number of alkyl halides is 1. The molecule has 0 radical (unpaired) electrons. The third-order valence-corrected chi connectivity index (χ3v) is 2.71. The van der Waals surface area contributed by atoms with Gasteiger partial charge in [0.1, 0.15) is 5.75 Å². The molecule has 0 saturated carbocycles. The predicted octanol–water partition coefficient (Wildman–Crippen LogP) is 2.85. The van der Waals surface area contributed by atoms with E-state index in [0.717, 1.165) is 43.2 Å². The van der Waals surface area contributed by atoms with E-state index in [4.69, 9.17) is 16.3 Å². The lowest BCUT2D eigenvalue weighted by molar-refractivity contribution is 0.278. The average Bonchev–Trinajstić information content (AvgIpc) is 2.29. The van der Waals surface area contributed by atoms with E-state index >= 15 is 0 Å². The fraction of sp³-hybridized carbons (Fsp3) is 0.615. The zero-order valence-electron chi connectivity index (χ0n) is 10.9. The zero-order valence-corrected chi connectivity index (χ0v) is 11.6. The lowest BCUT2D eigenvalue weighted by atomic mass is 10.2. The minimum Gasteiger partial charge on any atom is -0.497 e. The molecule has 4 heteroatoms. The molecule has 0 aromatic carbocycles. The summed E-state index contributed by atoms with van der Waals surface area (Å²) in [6, 6.07) is 3.93. The Morgan fingerprint density at radius 3 is 2.71 bits per heavy atom. The van der Waals surface area contributed by atoms with Crippen molar-refractivity contribution in [1.82, 2.24) is 9.88 Å². The Labute approximate surface area is 109 Å². The first kappa shape index (κ1) is 14.3. The van der Waals surface area contributed by atoms with Crippen LogP contribution in [0.25, 0.3) is 0 Å². The Balaban J connectivity index is 2.73. The Morgan fingerprint density at radius 1 is 1.35 bits per heavy atom. The smallest absolute Gasteiger partial charge is 0.122 e. The van der Waals surface area contributed by atoms with Gasteiger partial charge in [0, 0.05) is 36.8 Å². The van der Waals surface area contributed by atoms with Gasteiger partial charge in [-0.05, 0) is 19.9 Å². The van der Waals surface area contributed by atoms with Crippen LogP contribution in [0.15, 0.2) is 12.1 Å². The summed E-state index contributed by atoms with van der Waals surface area (Å²) in [6.45, 7) is 6.93. The highest BCUT2D eigenvalue weighted by Gasteiger charge is 2.07. The normalized spacial score (nSPS) is 10.9. The van der Waals surface area contributed by atoms with Gasteiger partial charge in [-0.1, -0.05) is 6.92 Å². The topological polar surface area (TPSA) is 25.4 Å². The van der Waals surface area contributed by atoms with Crippen LogP contribution in [0, 0.1) is 6.92 Å². The fourth-order valence-corrected chi connectivity index (χ4v) is 2.08. The van der Waals surface area contributed by atoms with Gasteiger partial charge in [0.05, 0.1) is 12.8 Å². The van der Waals surface area contributed by atoms with E-state index in [0.29, 0.717) is 5.88 Å². The van der Waals surface area contributed by atoms with Gasteiger partial charge in [-0.2, -0.15) is 0 Å². The fourth-order valence-electron chi connectivity index (χ4n) is 1.84. The van der Waals surface area contributed by atoms with Crippen molar-refractivity contribution in [1.29, 1.82) is 0 Å². The number of aromatic nitrogens is 1. The second-order valence-corrected chi connectivity index (χ2v) is 4.48. The van der Waals surface area contributed by atoms with Gasteiger partial charge in [0.2, 0.25) is 0 Å². The number of hydrogen-bond acceptors (Lipinski definition) is 3. The number of aryl methyl sites for hydroxylation is 1. The van der Waals surface area contributed by atoms with E-state index < -0.39 is 0 Å². The second-order valence-electron chi connectivity index (χ2n) is 4.10. The van der Waals surface area contributed by atoms with E-state index in [1.54, 1.807) is 7.11 Å². The Bertz CT molecular complexity index is 338. The van der Waals surface area contributed by atoms with Gasteiger partial charge in [-0.15, -0.1) is 11.6 Å². The lowest BCUT2D eigenvalue weighted by Gasteiger charge is -2.20. The molecule has 1 heterocycles. The molecule has 0 N–H and O–H groups in total. The number of ether oxygens (including phenoxy) is 1. The third-order valence-electron chi connectivity index (χ3n) is 2.54. The number of pyridine rings is 1. The number of methoxy groups -OCH3 is 1. The molecule has 0 aliphatic rings. The maximum atomic E-state index is 5.80. The quantitative estimate of drug-likeness (QED) is 0.702. The van der Waals surface area contributed by atoms with Gasteiger partial charge in [-0.3, -0.25) is 9.88 Å². The Hall–Kier alpha value is -0.800. The van der Waals surface area contributed by atoms with Crippen LogP contribution in [-0.4, -0.2) is 36.0 Å². The van der Waals surface area contributed by atoms with Crippen molar-refractivity contribution >= 4 is 11.6 Å². The molecule has 1 aromatic heterocycles. The summed E-state index contributed by atoms with van der Waals surface area (Å²) in [5, 5.41) is 0. The molecule has 1 rings (SSSR count). The van der Waals surface area contributed by atoms with E-state index in [-0.39, 0.29) is 0 Å². The molecule has 0 spiro atoms. The van der Waals surface area contributed by atoms with Crippen LogP contribution in [0.4, 0.5) is 0 Å². The molecule has 1 aromatic rings. The number of nitrogens with zero attached hydrogens (tertiary/aromatic N) is 2. The van der Waals surface area contributed by atoms with Crippen LogP contribution < -0.4 is 4.74 Å². The third kappa shape index (κ3) is 4.92. The van der Waals surface area contributed by atoms with Crippen molar-refractivity contribution in [3.63, 3.8) is 0 Å². The van der Waals surface area contributed by atoms with Crippen LogP contribution in [0.5, 0.6) is 5.75 Å². The first-order chi connectivity index (χ1) is 8.19. The molecule has 0 aliphatic heterocycles. The van der Waals surface area contributed by atoms with Crippen LogP contribution in [0.3, 0.4) is 0 Å². The minimum atomic E-state index is 0.656. The second kappa shape index (κ2) is 7.51. The van der Waals surface area contributed by atoms with Crippen molar-refractivity contribution in [3.05, 3.63) is 23.5 Å². The number of rotatable bonds is 7. The van der Waals surface area contributed by atoms with E-state index in [1.807, 2.05) is 19.1 Å². The first-order valence-electron chi connectivity index (χ1n) is 5.99. The highest BCUT2D eigenvalue weighted by molar-refractivity contribution is 6.18. The molecule has 3 nitrogen and oxygen atoms in total. The molecule has 0 aliphatic carbocycles. The van der Waals surface area contributed by atoms with Gasteiger partial charge >= 0.3 is 0 Å². The molecular weight excluding hydrogens is 236 g/mol. The molecule has 0 saturated heterocycles. The Kier molecular flexibility index (Phi) is 6.30. The van der Waals surface area contributed by atoms with E-state index in [2.05, 4.69) is 16.8 Å². The molecule has 17 heavy (non-hydrogen) atoms. The average molecular weight is 257 g/mol. The molecule has 0 fully saturated rings. The summed E-state index contributed by atoms with van der Waals surface area (Å²) < 4.78 is 5.25. The van der Waals surface area contributed by atoms with Crippen molar-refractivity contribution in [2.75, 3.05) is 26.1 Å². The largest absolute Gasteiger partial charge is 0.497 e. The molecular formula is C13H21ClN2O. The maximum Gasteiger partial charge on any atom is 0.122 e. The number of hydrogen-bond donors (Lipinski definition) is 0. The standard InChI is InChI=1S/C13H21ClN2O/c1-4-6-16(7-5-14)10-12-9-13(17-3)8-11(2)15-12/h8-9H,4-7,10H2,1-3H3. The van der Waals surface area contributed by atoms with E-state index in [9.17, 15) is 0 Å². The summed E-state index contributed by atoms with van der Waals surface area (Å²) in [4.78, 5) is 6.84. The van der Waals surface area contributed by atoms with Gasteiger partial charge < -0.3 is 4.74 Å². The zero-order chi connectivity index (χ0) is 12.7. The van der Waals surface area contributed by atoms with Gasteiger partial charge in [-0.25, -0.2) is 0 Å². The summed E-state index contributed by atoms with van der Waals surface area (Å²) >= 11 is 5.80. The highest BCUT2D eigenvalue weighted by Crippen LogP contribution is 2.14. The minimum absolute atomic E-state index is 0.656. The van der Waals surface area contributed by atoms with Crippen molar-refractivity contribution in [2.45, 2.75) is 26.8 Å². The summed E-state index contributed by atoms with van der Waals surface area (Å²) in [7, 11) is 1.68. The van der Waals surface area contributed by atoms with Crippen molar-refractivity contribution in [2.24, 2.45) is 0 Å². The number of halogens is 1. The maximum absolute atomic E-state index is 5.80. The molecule has 0 bridgehead atoms. The molecule has 0 unspecified atom stereocenters. The molecule has 0 atom stereocenters. The summed E-state index contributed by atoms with van der Waals surface area (Å²) in [6.07, 6.45) is 1.12. The van der Waals surface area contributed by atoms with Crippen LogP contribution in [-0.2, 0) is 6.54 Å². The van der Waals surface area contributed by atoms with Gasteiger partial charge in [0.15, 0.2) is 0 Å². The molecule has 96 valence electrons.